The van der Waals surface area contributed by atoms with E-state index in [-0.39, 0.29) is 18.0 Å². The average molecular weight is 335 g/mol. The quantitative estimate of drug-likeness (QED) is 0.856. The minimum Gasteiger partial charge on any atom is -0.325 e. The predicted molar refractivity (Wildman–Crippen MR) is 75.4 cm³/mol. The summed E-state index contributed by atoms with van der Waals surface area (Å²) in [6.45, 7) is 0. The van der Waals surface area contributed by atoms with Crippen molar-refractivity contribution in [1.82, 2.24) is 4.98 Å². The molecule has 0 aliphatic heterocycles. The number of alkyl halides is 4. The predicted octanol–water partition coefficient (Wildman–Crippen LogP) is 4.08. The van der Waals surface area contributed by atoms with Gasteiger partial charge in [0.1, 0.15) is 5.01 Å². The molecule has 0 saturated carbocycles. The third-order valence-electron chi connectivity index (χ3n) is 2.55. The number of aromatic nitrogens is 1. The van der Waals surface area contributed by atoms with E-state index in [0.29, 0.717) is 10.7 Å². The number of carbonyl (C=O) groups excluding carboxylic acids is 1. The molecule has 0 radical (unpaired) electrons. The molecule has 0 unspecified atom stereocenters. The van der Waals surface area contributed by atoms with Crippen LogP contribution in [0.3, 0.4) is 0 Å². The third-order valence-corrected chi connectivity index (χ3v) is 3.73. The van der Waals surface area contributed by atoms with E-state index >= 15 is 0 Å². The number of rotatable bonds is 4. The first-order valence-electron chi connectivity index (χ1n) is 5.85. The Balaban J connectivity index is 2.09. The largest absolute Gasteiger partial charge is 0.418 e. The molecule has 1 heterocycles. The first kappa shape index (κ1) is 15.8. The van der Waals surface area contributed by atoms with Crippen LogP contribution in [0.25, 0.3) is 0 Å². The Bertz CT molecular complexity index is 642. The molecule has 1 aromatic heterocycles. The molecule has 112 valence electrons. The Morgan fingerprint density at radius 2 is 2.05 bits per heavy atom. The lowest BCUT2D eigenvalue weighted by Gasteiger charge is -2.13. The van der Waals surface area contributed by atoms with Gasteiger partial charge in [-0.05, 0) is 12.1 Å². The van der Waals surface area contributed by atoms with Gasteiger partial charge in [-0.2, -0.15) is 13.2 Å². The Kier molecular flexibility index (Phi) is 4.84. The van der Waals surface area contributed by atoms with Crippen LogP contribution in [-0.2, 0) is 23.3 Å². The van der Waals surface area contributed by atoms with E-state index in [4.69, 9.17) is 11.6 Å². The SMILES string of the molecule is O=C(Cc1nc(CCl)cs1)Nc1ccccc1C(F)(F)F. The Morgan fingerprint density at radius 1 is 1.33 bits per heavy atom. The molecular formula is C13H10ClF3N2OS. The van der Waals surface area contributed by atoms with E-state index < -0.39 is 17.6 Å². The van der Waals surface area contributed by atoms with E-state index in [9.17, 15) is 18.0 Å². The van der Waals surface area contributed by atoms with Crippen molar-refractivity contribution in [2.24, 2.45) is 0 Å². The van der Waals surface area contributed by atoms with Crippen molar-refractivity contribution in [3.8, 4) is 0 Å². The molecule has 0 aliphatic carbocycles. The molecular weight excluding hydrogens is 325 g/mol. The van der Waals surface area contributed by atoms with Crippen molar-refractivity contribution in [2.75, 3.05) is 5.32 Å². The average Bonchev–Trinajstić information content (AvgIpc) is 2.85. The standard InChI is InChI=1S/C13H10ClF3N2OS/c14-6-8-7-21-12(18-8)5-11(20)19-10-4-2-1-3-9(10)13(15,16)17/h1-4,7H,5-6H2,(H,19,20). The summed E-state index contributed by atoms with van der Waals surface area (Å²) in [5.74, 6) is -0.322. The van der Waals surface area contributed by atoms with Gasteiger partial charge in [0.05, 0.1) is 29.2 Å². The zero-order valence-corrected chi connectivity index (χ0v) is 12.1. The molecule has 1 amide bonds. The van der Waals surface area contributed by atoms with Crippen LogP contribution in [-0.4, -0.2) is 10.9 Å². The van der Waals surface area contributed by atoms with E-state index in [0.717, 1.165) is 6.07 Å². The minimum atomic E-state index is -4.52. The molecule has 1 aromatic carbocycles. The van der Waals surface area contributed by atoms with Crippen molar-refractivity contribution >= 4 is 34.5 Å². The zero-order chi connectivity index (χ0) is 15.5. The fourth-order valence-corrected chi connectivity index (χ4v) is 2.68. The highest BCUT2D eigenvalue weighted by Crippen LogP contribution is 2.34. The maximum Gasteiger partial charge on any atom is 0.418 e. The topological polar surface area (TPSA) is 42.0 Å². The van der Waals surface area contributed by atoms with Crippen LogP contribution in [0, 0.1) is 0 Å². The zero-order valence-electron chi connectivity index (χ0n) is 10.6. The number of nitrogens with one attached hydrogen (secondary N) is 1. The minimum absolute atomic E-state index is 0.0895. The number of nitrogens with zero attached hydrogens (tertiary/aromatic N) is 1. The monoisotopic (exact) mass is 334 g/mol. The van der Waals surface area contributed by atoms with Gasteiger partial charge >= 0.3 is 6.18 Å². The fourth-order valence-electron chi connectivity index (χ4n) is 1.66. The highest BCUT2D eigenvalue weighted by atomic mass is 35.5. The van der Waals surface area contributed by atoms with Gasteiger partial charge in [-0.25, -0.2) is 4.98 Å². The smallest absolute Gasteiger partial charge is 0.325 e. The van der Waals surface area contributed by atoms with Crippen LogP contribution in [0.2, 0.25) is 0 Å². The normalized spacial score (nSPS) is 11.4. The van der Waals surface area contributed by atoms with Crippen LogP contribution in [0.5, 0.6) is 0 Å². The lowest BCUT2D eigenvalue weighted by atomic mass is 10.1. The molecule has 8 heteroatoms. The molecule has 0 aliphatic rings. The molecule has 3 nitrogen and oxygen atoms in total. The summed E-state index contributed by atoms with van der Waals surface area (Å²) in [6, 6.07) is 4.84. The van der Waals surface area contributed by atoms with E-state index in [2.05, 4.69) is 10.3 Å². The molecule has 2 aromatic rings. The second-order valence-corrected chi connectivity index (χ2v) is 5.34. The number of para-hydroxylation sites is 1. The molecule has 0 atom stereocenters. The maximum atomic E-state index is 12.8. The summed E-state index contributed by atoms with van der Waals surface area (Å²) in [5, 5.41) is 4.48. The second kappa shape index (κ2) is 6.44. The highest BCUT2D eigenvalue weighted by Gasteiger charge is 2.33. The van der Waals surface area contributed by atoms with Gasteiger partial charge in [0, 0.05) is 5.38 Å². The van der Waals surface area contributed by atoms with Crippen molar-refractivity contribution in [3.05, 3.63) is 45.9 Å². The number of hydrogen-bond donors (Lipinski definition) is 1. The van der Waals surface area contributed by atoms with Gasteiger partial charge in [0.2, 0.25) is 5.91 Å². The van der Waals surface area contributed by atoms with E-state index in [1.807, 2.05) is 0 Å². The number of carbonyl (C=O) groups is 1. The molecule has 0 fully saturated rings. The highest BCUT2D eigenvalue weighted by molar-refractivity contribution is 7.09. The molecule has 0 saturated heterocycles. The summed E-state index contributed by atoms with van der Waals surface area (Å²) in [7, 11) is 0. The number of benzene rings is 1. The van der Waals surface area contributed by atoms with Crippen LogP contribution in [0.4, 0.5) is 18.9 Å². The molecule has 1 N–H and O–H groups in total. The van der Waals surface area contributed by atoms with Gasteiger partial charge in [-0.3, -0.25) is 4.79 Å². The summed E-state index contributed by atoms with van der Waals surface area (Å²) in [6.07, 6.45) is -4.61. The first-order chi connectivity index (χ1) is 9.90. The number of thiazole rings is 1. The molecule has 0 spiro atoms. The molecule has 0 bridgehead atoms. The molecule has 2 rings (SSSR count). The van der Waals surface area contributed by atoms with Crippen molar-refractivity contribution in [3.63, 3.8) is 0 Å². The van der Waals surface area contributed by atoms with Crippen LogP contribution in [0.15, 0.2) is 29.6 Å². The second-order valence-electron chi connectivity index (χ2n) is 4.13. The van der Waals surface area contributed by atoms with Gasteiger partial charge in [0.15, 0.2) is 0 Å². The van der Waals surface area contributed by atoms with Gasteiger partial charge in [-0.15, -0.1) is 22.9 Å². The van der Waals surface area contributed by atoms with E-state index in [1.165, 1.54) is 29.5 Å². The summed E-state index contributed by atoms with van der Waals surface area (Å²) in [4.78, 5) is 15.9. The fraction of sp³-hybridized carbons (Fsp3) is 0.231. The summed E-state index contributed by atoms with van der Waals surface area (Å²) >= 11 is 6.84. The van der Waals surface area contributed by atoms with Crippen LogP contribution >= 0.6 is 22.9 Å². The Morgan fingerprint density at radius 3 is 2.67 bits per heavy atom. The van der Waals surface area contributed by atoms with Crippen molar-refractivity contribution < 1.29 is 18.0 Å². The van der Waals surface area contributed by atoms with Crippen LogP contribution < -0.4 is 5.32 Å². The lowest BCUT2D eigenvalue weighted by Crippen LogP contribution is -2.18. The van der Waals surface area contributed by atoms with Crippen molar-refractivity contribution in [1.29, 1.82) is 0 Å². The van der Waals surface area contributed by atoms with E-state index in [1.54, 1.807) is 5.38 Å². The van der Waals surface area contributed by atoms with Crippen molar-refractivity contribution in [2.45, 2.75) is 18.5 Å². The first-order valence-corrected chi connectivity index (χ1v) is 7.27. The Hall–Kier alpha value is -1.60. The van der Waals surface area contributed by atoms with Gasteiger partial charge in [0.25, 0.3) is 0 Å². The maximum absolute atomic E-state index is 12.8. The molecule has 21 heavy (non-hydrogen) atoms. The number of anilines is 1. The summed E-state index contributed by atoms with van der Waals surface area (Å²) < 4.78 is 38.4. The van der Waals surface area contributed by atoms with Gasteiger partial charge in [-0.1, -0.05) is 12.1 Å². The number of halogens is 4. The lowest BCUT2D eigenvalue weighted by molar-refractivity contribution is -0.137. The Labute approximate surface area is 127 Å². The van der Waals surface area contributed by atoms with Gasteiger partial charge < -0.3 is 5.32 Å². The number of hydrogen-bond acceptors (Lipinski definition) is 3. The number of amides is 1. The summed E-state index contributed by atoms with van der Waals surface area (Å²) in [5.41, 5.74) is -0.497. The van der Waals surface area contributed by atoms with Crippen LogP contribution in [0.1, 0.15) is 16.3 Å². The third kappa shape index (κ3) is 4.18.